The molecule has 1 aliphatic rings. The smallest absolute Gasteiger partial charge is 0.335 e. The van der Waals surface area contributed by atoms with Crippen LogP contribution >= 0.6 is 34.8 Å². The molecule has 0 saturated heterocycles. The van der Waals surface area contributed by atoms with Crippen LogP contribution in [0, 0.1) is 11.8 Å². The molecule has 1 fully saturated rings. The van der Waals surface area contributed by atoms with Crippen molar-refractivity contribution in [3.8, 4) is 28.8 Å². The van der Waals surface area contributed by atoms with Crippen LogP contribution in [0.2, 0.25) is 15.1 Å². The summed E-state index contributed by atoms with van der Waals surface area (Å²) in [5.41, 5.74) is 3.35. The number of aromatic nitrogens is 1. The van der Waals surface area contributed by atoms with E-state index in [1.54, 1.807) is 48.5 Å². The fourth-order valence-corrected chi connectivity index (χ4v) is 4.55. The average Bonchev–Trinajstić information content (AvgIpc) is 3.62. The van der Waals surface area contributed by atoms with Gasteiger partial charge in [0.15, 0.2) is 0 Å². The number of carboxylic acids is 1. The quantitative estimate of drug-likeness (QED) is 0.253. The number of carboxylic acid groups (broad SMARTS) is 1. The molecule has 5 nitrogen and oxygen atoms in total. The summed E-state index contributed by atoms with van der Waals surface area (Å²) in [5, 5.41) is 14.8. The van der Waals surface area contributed by atoms with Crippen LogP contribution in [0.4, 0.5) is 0 Å². The van der Waals surface area contributed by atoms with Crippen LogP contribution in [-0.4, -0.2) is 16.2 Å². The predicted molar refractivity (Wildman–Crippen MR) is 139 cm³/mol. The van der Waals surface area contributed by atoms with Gasteiger partial charge in [-0.05, 0) is 55.3 Å². The lowest BCUT2D eigenvalue weighted by molar-refractivity contribution is 0.0697. The Morgan fingerprint density at radius 3 is 2.44 bits per heavy atom. The maximum absolute atomic E-state index is 11.2. The highest BCUT2D eigenvalue weighted by molar-refractivity contribution is 6.39. The van der Waals surface area contributed by atoms with E-state index in [0.717, 1.165) is 24.2 Å². The van der Waals surface area contributed by atoms with Gasteiger partial charge in [-0.3, -0.25) is 0 Å². The number of hydrogen-bond donors (Lipinski definition) is 1. The molecule has 0 aliphatic heterocycles. The normalized spacial score (nSPS) is 12.6. The molecule has 1 aromatic heterocycles. The van der Waals surface area contributed by atoms with Crippen LogP contribution in [0.3, 0.4) is 0 Å². The Morgan fingerprint density at radius 2 is 1.75 bits per heavy atom. The van der Waals surface area contributed by atoms with E-state index in [1.165, 1.54) is 12.1 Å². The molecule has 0 spiro atoms. The van der Waals surface area contributed by atoms with E-state index in [2.05, 4.69) is 17.0 Å². The molecule has 8 heteroatoms. The first-order valence-electron chi connectivity index (χ1n) is 11.1. The van der Waals surface area contributed by atoms with Gasteiger partial charge in [0.2, 0.25) is 0 Å². The van der Waals surface area contributed by atoms with E-state index in [1.807, 2.05) is 0 Å². The van der Waals surface area contributed by atoms with Gasteiger partial charge in [0, 0.05) is 28.7 Å². The van der Waals surface area contributed by atoms with Gasteiger partial charge in [0.1, 0.15) is 23.8 Å². The minimum absolute atomic E-state index is 0.174. The number of halogens is 3. The lowest BCUT2D eigenvalue weighted by Crippen LogP contribution is -2.00. The Kier molecular flexibility index (Phi) is 6.93. The zero-order valence-electron chi connectivity index (χ0n) is 18.7. The van der Waals surface area contributed by atoms with E-state index in [-0.39, 0.29) is 12.2 Å². The second-order valence-electron chi connectivity index (χ2n) is 8.31. The van der Waals surface area contributed by atoms with Crippen molar-refractivity contribution < 1.29 is 19.2 Å². The third-order valence-corrected chi connectivity index (χ3v) is 6.68. The standard InChI is InChI=1S/C28H18Cl3NO4/c29-22-5-2-6-23(30)25(22)26-21(27(36-32-26)18-9-10-18)15-35-20-12-11-17(24(31)14-20)8-7-16-3-1-4-19(13-16)28(33)34/h1-6,11-14,18H,9-10,15H2,(H,33,34). The van der Waals surface area contributed by atoms with E-state index in [9.17, 15) is 4.79 Å². The number of nitrogens with zero attached hydrogens (tertiary/aromatic N) is 1. The lowest BCUT2D eigenvalue weighted by atomic mass is 10.0. The van der Waals surface area contributed by atoms with Crippen molar-refractivity contribution in [2.45, 2.75) is 25.4 Å². The number of hydrogen-bond acceptors (Lipinski definition) is 4. The summed E-state index contributed by atoms with van der Waals surface area (Å²) in [6.45, 7) is 0.204. The highest BCUT2D eigenvalue weighted by Crippen LogP contribution is 2.46. The Hall–Kier alpha value is -3.43. The molecule has 4 aromatic rings. The van der Waals surface area contributed by atoms with Crippen LogP contribution in [0.1, 0.15) is 51.6 Å². The molecule has 1 heterocycles. The van der Waals surface area contributed by atoms with E-state index < -0.39 is 5.97 Å². The van der Waals surface area contributed by atoms with Gasteiger partial charge in [-0.2, -0.15) is 0 Å². The predicted octanol–water partition coefficient (Wildman–Crippen LogP) is 7.86. The molecule has 0 bridgehead atoms. The van der Waals surface area contributed by atoms with Crippen molar-refractivity contribution in [3.05, 3.63) is 104 Å². The molecule has 180 valence electrons. The Bertz CT molecular complexity index is 1510. The molecule has 0 atom stereocenters. The van der Waals surface area contributed by atoms with Crippen molar-refractivity contribution in [1.29, 1.82) is 0 Å². The Morgan fingerprint density at radius 1 is 1.00 bits per heavy atom. The van der Waals surface area contributed by atoms with Crippen LogP contribution in [-0.2, 0) is 6.61 Å². The summed E-state index contributed by atoms with van der Waals surface area (Å²) in [5.74, 6) is 6.58. The second-order valence-corrected chi connectivity index (χ2v) is 9.53. The monoisotopic (exact) mass is 537 g/mol. The van der Waals surface area contributed by atoms with Gasteiger partial charge in [-0.1, -0.05) is 63.9 Å². The Balaban J connectivity index is 1.37. The maximum atomic E-state index is 11.2. The molecular formula is C28H18Cl3NO4. The number of aromatic carboxylic acids is 1. The van der Waals surface area contributed by atoms with Crippen molar-refractivity contribution >= 4 is 40.8 Å². The summed E-state index contributed by atoms with van der Waals surface area (Å²) in [4.78, 5) is 11.2. The molecule has 1 aliphatic carbocycles. The average molecular weight is 539 g/mol. The fraction of sp³-hybridized carbons (Fsp3) is 0.143. The number of carbonyl (C=O) groups is 1. The number of rotatable bonds is 6. The van der Waals surface area contributed by atoms with Gasteiger partial charge < -0.3 is 14.4 Å². The van der Waals surface area contributed by atoms with Gasteiger partial charge in [-0.25, -0.2) is 4.79 Å². The molecule has 1 N–H and O–H groups in total. The molecule has 36 heavy (non-hydrogen) atoms. The topological polar surface area (TPSA) is 72.6 Å². The van der Waals surface area contributed by atoms with E-state index >= 15 is 0 Å². The highest BCUT2D eigenvalue weighted by atomic mass is 35.5. The minimum atomic E-state index is -1.00. The zero-order chi connectivity index (χ0) is 25.2. The summed E-state index contributed by atoms with van der Waals surface area (Å²) in [6, 6.07) is 16.9. The molecule has 1 saturated carbocycles. The second kappa shape index (κ2) is 10.3. The van der Waals surface area contributed by atoms with Gasteiger partial charge >= 0.3 is 5.97 Å². The summed E-state index contributed by atoms with van der Waals surface area (Å²) >= 11 is 19.3. The van der Waals surface area contributed by atoms with Crippen LogP contribution in [0.5, 0.6) is 5.75 Å². The van der Waals surface area contributed by atoms with E-state index in [4.69, 9.17) is 49.2 Å². The van der Waals surface area contributed by atoms with Crippen LogP contribution in [0.15, 0.2) is 65.2 Å². The highest BCUT2D eigenvalue weighted by Gasteiger charge is 2.33. The van der Waals surface area contributed by atoms with Crippen molar-refractivity contribution in [3.63, 3.8) is 0 Å². The first-order valence-corrected chi connectivity index (χ1v) is 12.2. The maximum Gasteiger partial charge on any atom is 0.335 e. The summed E-state index contributed by atoms with van der Waals surface area (Å²) in [6.07, 6.45) is 2.07. The van der Waals surface area contributed by atoms with E-state index in [0.29, 0.717) is 49.1 Å². The largest absolute Gasteiger partial charge is 0.489 e. The molecule has 0 amide bonds. The minimum Gasteiger partial charge on any atom is -0.489 e. The van der Waals surface area contributed by atoms with Crippen molar-refractivity contribution in [1.82, 2.24) is 5.16 Å². The SMILES string of the molecule is O=C(O)c1cccc(C#Cc2ccc(OCc3c(-c4c(Cl)cccc4Cl)noc3C3CC3)cc2Cl)c1. The van der Waals surface area contributed by atoms with Crippen molar-refractivity contribution in [2.75, 3.05) is 0 Å². The molecule has 0 radical (unpaired) electrons. The Labute approximate surface area is 222 Å². The molecule has 5 rings (SSSR count). The molecule has 0 unspecified atom stereocenters. The van der Waals surface area contributed by atoms with Crippen molar-refractivity contribution in [2.24, 2.45) is 0 Å². The van der Waals surface area contributed by atoms with Gasteiger partial charge in [0.25, 0.3) is 0 Å². The van der Waals surface area contributed by atoms with Gasteiger partial charge in [-0.15, -0.1) is 0 Å². The summed E-state index contributed by atoms with van der Waals surface area (Å²) in [7, 11) is 0. The zero-order valence-corrected chi connectivity index (χ0v) is 21.0. The molecule has 3 aromatic carbocycles. The lowest BCUT2D eigenvalue weighted by Gasteiger charge is -2.10. The summed E-state index contributed by atoms with van der Waals surface area (Å²) < 4.78 is 11.8. The van der Waals surface area contributed by atoms with Crippen LogP contribution < -0.4 is 4.74 Å². The number of ether oxygens (including phenoxy) is 1. The fourth-order valence-electron chi connectivity index (χ4n) is 3.76. The van der Waals surface area contributed by atoms with Gasteiger partial charge in [0.05, 0.1) is 26.2 Å². The third kappa shape index (κ3) is 5.22. The third-order valence-electron chi connectivity index (χ3n) is 5.74. The first-order chi connectivity index (χ1) is 17.4. The molecular weight excluding hydrogens is 521 g/mol. The van der Waals surface area contributed by atoms with Crippen LogP contribution in [0.25, 0.3) is 11.3 Å². The first kappa shape index (κ1) is 24.3. The number of benzene rings is 3.